The van der Waals surface area contributed by atoms with Gasteiger partial charge in [-0.15, -0.1) is 0 Å². The van der Waals surface area contributed by atoms with E-state index < -0.39 is 0 Å². The lowest BCUT2D eigenvalue weighted by atomic mass is 10.0. The topological polar surface area (TPSA) is 41.6 Å². The van der Waals surface area contributed by atoms with Gasteiger partial charge in [-0.2, -0.15) is 0 Å². The molecular formula is C24H32N2O2. The van der Waals surface area contributed by atoms with Gasteiger partial charge in [0.05, 0.1) is 6.04 Å². The standard InChI is InChI=1S/C24H32N2O2/c1-19-7-11-21(12-8-19)23(26-15-5-3-4-6-16-26)17-25-24(27)18-28-22-13-9-20(2)10-14-22/h7-14,23H,3-6,15-18H2,1-2H3,(H,25,27)/t23-/m0/s1. The monoisotopic (exact) mass is 380 g/mol. The van der Waals surface area contributed by atoms with E-state index in [1.807, 2.05) is 31.2 Å². The van der Waals surface area contributed by atoms with Crippen molar-refractivity contribution >= 4 is 5.91 Å². The largest absolute Gasteiger partial charge is 0.484 e. The van der Waals surface area contributed by atoms with Crippen LogP contribution in [-0.2, 0) is 4.79 Å². The van der Waals surface area contributed by atoms with Gasteiger partial charge in [0.2, 0.25) is 0 Å². The summed E-state index contributed by atoms with van der Waals surface area (Å²) in [6, 6.07) is 16.7. The van der Waals surface area contributed by atoms with Crippen LogP contribution in [0.2, 0.25) is 0 Å². The molecule has 1 saturated heterocycles. The summed E-state index contributed by atoms with van der Waals surface area (Å²) in [5.41, 5.74) is 3.70. The lowest BCUT2D eigenvalue weighted by Crippen LogP contribution is -2.40. The number of carbonyl (C=O) groups is 1. The number of rotatable bonds is 7. The van der Waals surface area contributed by atoms with Crippen LogP contribution >= 0.6 is 0 Å². The fourth-order valence-corrected chi connectivity index (χ4v) is 3.70. The van der Waals surface area contributed by atoms with E-state index >= 15 is 0 Å². The van der Waals surface area contributed by atoms with Crippen molar-refractivity contribution in [2.24, 2.45) is 0 Å². The maximum Gasteiger partial charge on any atom is 0.258 e. The molecule has 3 rings (SSSR count). The van der Waals surface area contributed by atoms with Crippen molar-refractivity contribution < 1.29 is 9.53 Å². The van der Waals surface area contributed by atoms with E-state index in [-0.39, 0.29) is 18.6 Å². The lowest BCUT2D eigenvalue weighted by Gasteiger charge is -2.31. The van der Waals surface area contributed by atoms with Gasteiger partial charge in [-0.3, -0.25) is 9.69 Å². The Morgan fingerprint density at radius 2 is 1.50 bits per heavy atom. The fraction of sp³-hybridized carbons (Fsp3) is 0.458. The summed E-state index contributed by atoms with van der Waals surface area (Å²) in [5.74, 6) is 0.649. The Hall–Kier alpha value is -2.33. The third-order valence-corrected chi connectivity index (χ3v) is 5.43. The summed E-state index contributed by atoms with van der Waals surface area (Å²) < 4.78 is 5.62. The number of aryl methyl sites for hydroxylation is 2. The first kappa shape index (κ1) is 20.4. The van der Waals surface area contributed by atoms with Crippen LogP contribution in [0.25, 0.3) is 0 Å². The average molecular weight is 381 g/mol. The van der Waals surface area contributed by atoms with Gasteiger partial charge in [-0.25, -0.2) is 0 Å². The summed E-state index contributed by atoms with van der Waals surface area (Å²) >= 11 is 0. The van der Waals surface area contributed by atoms with Gasteiger partial charge in [0.1, 0.15) is 5.75 Å². The predicted molar refractivity (Wildman–Crippen MR) is 114 cm³/mol. The first-order valence-corrected chi connectivity index (χ1v) is 10.4. The average Bonchev–Trinajstić information content (AvgIpc) is 2.98. The van der Waals surface area contributed by atoms with Crippen LogP contribution in [0.15, 0.2) is 48.5 Å². The van der Waals surface area contributed by atoms with Crippen molar-refractivity contribution in [3.8, 4) is 5.75 Å². The predicted octanol–water partition coefficient (Wildman–Crippen LogP) is 4.42. The zero-order valence-corrected chi connectivity index (χ0v) is 17.1. The molecule has 4 heteroatoms. The summed E-state index contributed by atoms with van der Waals surface area (Å²) in [6.45, 7) is 6.98. The van der Waals surface area contributed by atoms with Crippen LogP contribution < -0.4 is 10.1 Å². The summed E-state index contributed by atoms with van der Waals surface area (Å²) in [5, 5.41) is 3.09. The highest BCUT2D eigenvalue weighted by Gasteiger charge is 2.22. The molecule has 1 heterocycles. The Bertz CT molecular complexity index is 732. The minimum Gasteiger partial charge on any atom is -0.484 e. The molecule has 1 fully saturated rings. The lowest BCUT2D eigenvalue weighted by molar-refractivity contribution is -0.123. The molecule has 4 nitrogen and oxygen atoms in total. The Balaban J connectivity index is 1.59. The molecule has 2 aromatic carbocycles. The maximum atomic E-state index is 12.4. The fourth-order valence-electron chi connectivity index (χ4n) is 3.70. The van der Waals surface area contributed by atoms with Crippen molar-refractivity contribution in [1.29, 1.82) is 0 Å². The second-order valence-electron chi connectivity index (χ2n) is 7.78. The number of hydrogen-bond donors (Lipinski definition) is 1. The number of nitrogens with one attached hydrogen (secondary N) is 1. The third-order valence-electron chi connectivity index (χ3n) is 5.43. The van der Waals surface area contributed by atoms with E-state index in [9.17, 15) is 4.79 Å². The smallest absolute Gasteiger partial charge is 0.258 e. The van der Waals surface area contributed by atoms with Gasteiger partial charge in [-0.05, 0) is 57.5 Å². The van der Waals surface area contributed by atoms with Gasteiger partial charge < -0.3 is 10.1 Å². The van der Waals surface area contributed by atoms with Crippen LogP contribution in [0, 0.1) is 13.8 Å². The van der Waals surface area contributed by atoms with Crippen molar-refractivity contribution in [1.82, 2.24) is 10.2 Å². The molecule has 0 spiro atoms. The molecule has 1 atom stereocenters. The molecule has 28 heavy (non-hydrogen) atoms. The van der Waals surface area contributed by atoms with Gasteiger partial charge in [0.15, 0.2) is 6.61 Å². The molecule has 0 saturated carbocycles. The number of ether oxygens (including phenoxy) is 1. The first-order valence-electron chi connectivity index (χ1n) is 10.4. The number of benzene rings is 2. The highest BCUT2D eigenvalue weighted by Crippen LogP contribution is 2.24. The zero-order chi connectivity index (χ0) is 19.8. The zero-order valence-electron chi connectivity index (χ0n) is 17.1. The third kappa shape index (κ3) is 6.10. The van der Waals surface area contributed by atoms with Crippen molar-refractivity contribution in [3.63, 3.8) is 0 Å². The SMILES string of the molecule is Cc1ccc(OCC(=O)NC[C@@H](c2ccc(C)cc2)N2CCCCCC2)cc1. The van der Waals surface area contributed by atoms with Crippen LogP contribution in [0.5, 0.6) is 5.75 Å². The van der Waals surface area contributed by atoms with Crippen molar-refractivity contribution in [2.75, 3.05) is 26.2 Å². The number of carbonyl (C=O) groups excluding carboxylic acids is 1. The molecule has 0 aromatic heterocycles. The molecule has 1 N–H and O–H groups in total. The van der Waals surface area contributed by atoms with Crippen LogP contribution in [0.3, 0.4) is 0 Å². The summed E-state index contributed by atoms with van der Waals surface area (Å²) in [6.07, 6.45) is 5.06. The highest BCUT2D eigenvalue weighted by atomic mass is 16.5. The van der Waals surface area contributed by atoms with E-state index in [4.69, 9.17) is 4.74 Å². The first-order chi connectivity index (χ1) is 13.6. The number of nitrogens with zero attached hydrogens (tertiary/aromatic N) is 1. The number of likely N-dealkylation sites (tertiary alicyclic amines) is 1. The molecule has 0 radical (unpaired) electrons. The van der Waals surface area contributed by atoms with Gasteiger partial charge in [-0.1, -0.05) is 60.4 Å². The van der Waals surface area contributed by atoms with Crippen molar-refractivity contribution in [3.05, 3.63) is 65.2 Å². The molecule has 1 aliphatic heterocycles. The molecule has 1 amide bonds. The molecular weight excluding hydrogens is 348 g/mol. The number of hydrogen-bond acceptors (Lipinski definition) is 3. The van der Waals surface area contributed by atoms with Gasteiger partial charge in [0.25, 0.3) is 5.91 Å². The maximum absolute atomic E-state index is 12.4. The molecule has 2 aromatic rings. The molecule has 150 valence electrons. The molecule has 0 aliphatic carbocycles. The van der Waals surface area contributed by atoms with E-state index in [0.717, 1.165) is 18.8 Å². The van der Waals surface area contributed by atoms with E-state index in [2.05, 4.69) is 41.4 Å². The van der Waals surface area contributed by atoms with Gasteiger partial charge in [0, 0.05) is 6.54 Å². The Kier molecular flexibility index (Phi) is 7.49. The Morgan fingerprint density at radius 1 is 0.929 bits per heavy atom. The minimum absolute atomic E-state index is 0.0453. The van der Waals surface area contributed by atoms with E-state index in [1.165, 1.54) is 42.4 Å². The summed E-state index contributed by atoms with van der Waals surface area (Å²) in [7, 11) is 0. The molecule has 0 unspecified atom stereocenters. The van der Waals surface area contributed by atoms with Crippen molar-refractivity contribution in [2.45, 2.75) is 45.6 Å². The van der Waals surface area contributed by atoms with Crippen LogP contribution in [0.4, 0.5) is 0 Å². The molecule has 0 bridgehead atoms. The van der Waals surface area contributed by atoms with Gasteiger partial charge >= 0.3 is 0 Å². The minimum atomic E-state index is -0.0764. The highest BCUT2D eigenvalue weighted by molar-refractivity contribution is 5.77. The van der Waals surface area contributed by atoms with E-state index in [0.29, 0.717) is 6.54 Å². The Labute approximate surface area is 168 Å². The van der Waals surface area contributed by atoms with E-state index in [1.54, 1.807) is 0 Å². The van der Waals surface area contributed by atoms with Crippen LogP contribution in [0.1, 0.15) is 48.4 Å². The normalized spacial score (nSPS) is 16.2. The second kappa shape index (κ2) is 10.3. The quantitative estimate of drug-likeness (QED) is 0.773. The summed E-state index contributed by atoms with van der Waals surface area (Å²) in [4.78, 5) is 14.9. The molecule has 1 aliphatic rings. The second-order valence-corrected chi connectivity index (χ2v) is 7.78. The Morgan fingerprint density at radius 3 is 2.11 bits per heavy atom. The van der Waals surface area contributed by atoms with Crippen LogP contribution in [-0.4, -0.2) is 37.0 Å². The number of amides is 1.